The Morgan fingerprint density at radius 1 is 1.43 bits per heavy atom. The number of nitrogens with one attached hydrogen (secondary N) is 2. The minimum Gasteiger partial charge on any atom is -0.346 e. The highest BCUT2D eigenvalue weighted by molar-refractivity contribution is 5.95. The van der Waals surface area contributed by atoms with Crippen LogP contribution in [0.15, 0.2) is 43.0 Å². The van der Waals surface area contributed by atoms with Gasteiger partial charge < -0.3 is 10.3 Å². The molecule has 0 aliphatic carbocycles. The summed E-state index contributed by atoms with van der Waals surface area (Å²) in [5.41, 5.74) is 2.55. The molecule has 21 heavy (non-hydrogen) atoms. The first kappa shape index (κ1) is 12.8. The normalized spacial score (nSPS) is 10.2. The highest BCUT2D eigenvalue weighted by atomic mass is 16.1. The minimum atomic E-state index is -0.170. The Morgan fingerprint density at radius 3 is 3.19 bits per heavy atom. The van der Waals surface area contributed by atoms with Crippen LogP contribution in [0.25, 0.3) is 11.0 Å². The van der Waals surface area contributed by atoms with Crippen LogP contribution >= 0.6 is 0 Å². The molecule has 6 nitrogen and oxygen atoms in total. The smallest absolute Gasteiger partial charge is 0.228 e. The Bertz CT molecular complexity index is 846. The van der Waals surface area contributed by atoms with E-state index in [1.54, 1.807) is 18.5 Å². The number of nitriles is 1. The summed E-state index contributed by atoms with van der Waals surface area (Å²) in [6.45, 7) is 0. The van der Waals surface area contributed by atoms with Gasteiger partial charge in [0.15, 0.2) is 0 Å². The summed E-state index contributed by atoms with van der Waals surface area (Å²) >= 11 is 0. The first-order chi connectivity index (χ1) is 10.3. The number of anilines is 1. The number of fused-ring (bicyclic) bond motifs is 1. The van der Waals surface area contributed by atoms with Gasteiger partial charge in [-0.05, 0) is 23.8 Å². The molecule has 3 heterocycles. The molecule has 3 aromatic heterocycles. The Hall–Kier alpha value is -3.20. The van der Waals surface area contributed by atoms with Gasteiger partial charge in [0.25, 0.3) is 0 Å². The first-order valence-electron chi connectivity index (χ1n) is 6.32. The third kappa shape index (κ3) is 2.72. The Kier molecular flexibility index (Phi) is 3.31. The van der Waals surface area contributed by atoms with E-state index in [4.69, 9.17) is 5.26 Å². The monoisotopic (exact) mass is 277 g/mol. The Balaban J connectivity index is 1.76. The van der Waals surface area contributed by atoms with E-state index in [0.29, 0.717) is 11.3 Å². The summed E-state index contributed by atoms with van der Waals surface area (Å²) < 4.78 is 0. The Morgan fingerprint density at radius 2 is 2.33 bits per heavy atom. The number of rotatable bonds is 3. The molecule has 0 fully saturated rings. The van der Waals surface area contributed by atoms with Crippen LogP contribution < -0.4 is 5.32 Å². The zero-order valence-corrected chi connectivity index (χ0v) is 11.0. The fourth-order valence-corrected chi connectivity index (χ4v) is 2.11. The molecule has 1 amide bonds. The van der Waals surface area contributed by atoms with Gasteiger partial charge in [-0.2, -0.15) is 5.26 Å². The van der Waals surface area contributed by atoms with Gasteiger partial charge in [-0.3, -0.25) is 9.78 Å². The van der Waals surface area contributed by atoms with Gasteiger partial charge in [-0.15, -0.1) is 0 Å². The summed E-state index contributed by atoms with van der Waals surface area (Å²) in [5.74, 6) is -0.170. The molecule has 0 saturated carbocycles. The SMILES string of the molecule is N#Cc1cncc(NC(=O)Cc2c[nH]c3ncccc23)c1. The summed E-state index contributed by atoms with van der Waals surface area (Å²) in [5, 5.41) is 12.5. The summed E-state index contributed by atoms with van der Waals surface area (Å²) in [7, 11) is 0. The van der Waals surface area contributed by atoms with Gasteiger partial charge in [0, 0.05) is 24.0 Å². The van der Waals surface area contributed by atoms with Crippen LogP contribution in [0.2, 0.25) is 0 Å². The number of aromatic amines is 1. The topological polar surface area (TPSA) is 94.5 Å². The second kappa shape index (κ2) is 5.43. The molecule has 6 heteroatoms. The van der Waals surface area contributed by atoms with Crippen LogP contribution in [-0.4, -0.2) is 20.9 Å². The van der Waals surface area contributed by atoms with Crippen molar-refractivity contribution in [3.63, 3.8) is 0 Å². The van der Waals surface area contributed by atoms with E-state index in [1.807, 2.05) is 18.2 Å². The molecule has 3 rings (SSSR count). The molecule has 0 radical (unpaired) electrons. The molecular weight excluding hydrogens is 266 g/mol. The number of hydrogen-bond donors (Lipinski definition) is 2. The maximum atomic E-state index is 12.1. The largest absolute Gasteiger partial charge is 0.346 e. The molecule has 0 aliphatic rings. The van der Waals surface area contributed by atoms with E-state index in [1.165, 1.54) is 12.4 Å². The number of aromatic nitrogens is 3. The zero-order valence-electron chi connectivity index (χ0n) is 11.0. The zero-order chi connectivity index (χ0) is 14.7. The lowest BCUT2D eigenvalue weighted by Crippen LogP contribution is -2.14. The summed E-state index contributed by atoms with van der Waals surface area (Å²) in [4.78, 5) is 23.2. The van der Waals surface area contributed by atoms with E-state index in [0.717, 1.165) is 16.6 Å². The number of nitrogens with zero attached hydrogens (tertiary/aromatic N) is 3. The lowest BCUT2D eigenvalue weighted by molar-refractivity contribution is -0.115. The molecule has 0 unspecified atom stereocenters. The van der Waals surface area contributed by atoms with E-state index in [9.17, 15) is 4.79 Å². The van der Waals surface area contributed by atoms with Gasteiger partial charge in [0.2, 0.25) is 5.91 Å². The van der Waals surface area contributed by atoms with Crippen molar-refractivity contribution in [3.8, 4) is 6.07 Å². The van der Waals surface area contributed by atoms with Crippen molar-refractivity contribution in [1.29, 1.82) is 5.26 Å². The van der Waals surface area contributed by atoms with Gasteiger partial charge >= 0.3 is 0 Å². The van der Waals surface area contributed by atoms with E-state index < -0.39 is 0 Å². The molecule has 0 saturated heterocycles. The second-order valence-corrected chi connectivity index (χ2v) is 4.51. The molecule has 0 aromatic carbocycles. The number of carbonyl (C=O) groups excluding carboxylic acids is 1. The molecule has 2 N–H and O–H groups in total. The van der Waals surface area contributed by atoms with Crippen molar-refractivity contribution in [3.05, 3.63) is 54.1 Å². The molecule has 102 valence electrons. The van der Waals surface area contributed by atoms with Crippen LogP contribution in [0.1, 0.15) is 11.1 Å². The fraction of sp³-hybridized carbons (Fsp3) is 0.0667. The molecular formula is C15H11N5O. The molecule has 3 aromatic rings. The minimum absolute atomic E-state index is 0.170. The molecule has 0 spiro atoms. The third-order valence-electron chi connectivity index (χ3n) is 3.04. The van der Waals surface area contributed by atoms with Crippen LogP contribution in [-0.2, 0) is 11.2 Å². The van der Waals surface area contributed by atoms with Crippen molar-refractivity contribution >= 4 is 22.6 Å². The van der Waals surface area contributed by atoms with E-state index >= 15 is 0 Å². The predicted molar refractivity (Wildman–Crippen MR) is 77.4 cm³/mol. The van der Waals surface area contributed by atoms with Gasteiger partial charge in [-0.25, -0.2) is 4.98 Å². The van der Waals surface area contributed by atoms with Crippen molar-refractivity contribution in [2.45, 2.75) is 6.42 Å². The van der Waals surface area contributed by atoms with E-state index in [-0.39, 0.29) is 12.3 Å². The van der Waals surface area contributed by atoms with Crippen molar-refractivity contribution in [1.82, 2.24) is 15.0 Å². The summed E-state index contributed by atoms with van der Waals surface area (Å²) in [6, 6.07) is 7.32. The average Bonchev–Trinajstić information content (AvgIpc) is 2.91. The van der Waals surface area contributed by atoms with Crippen LogP contribution in [0, 0.1) is 11.3 Å². The average molecular weight is 277 g/mol. The number of H-pyrrole nitrogens is 1. The Labute approximate surface area is 120 Å². The van der Waals surface area contributed by atoms with Crippen molar-refractivity contribution < 1.29 is 4.79 Å². The van der Waals surface area contributed by atoms with Crippen molar-refractivity contribution in [2.24, 2.45) is 0 Å². The maximum absolute atomic E-state index is 12.1. The van der Waals surface area contributed by atoms with Gasteiger partial charge in [0.1, 0.15) is 11.7 Å². The molecule has 0 atom stereocenters. The second-order valence-electron chi connectivity index (χ2n) is 4.51. The first-order valence-corrected chi connectivity index (χ1v) is 6.32. The maximum Gasteiger partial charge on any atom is 0.228 e. The van der Waals surface area contributed by atoms with Crippen LogP contribution in [0.3, 0.4) is 0 Å². The molecule has 0 aliphatic heterocycles. The summed E-state index contributed by atoms with van der Waals surface area (Å²) in [6.07, 6.45) is 6.65. The highest BCUT2D eigenvalue weighted by Gasteiger charge is 2.09. The number of pyridine rings is 2. The van der Waals surface area contributed by atoms with Gasteiger partial charge in [-0.1, -0.05) is 0 Å². The van der Waals surface area contributed by atoms with Crippen LogP contribution in [0.5, 0.6) is 0 Å². The van der Waals surface area contributed by atoms with E-state index in [2.05, 4.69) is 20.3 Å². The number of amides is 1. The van der Waals surface area contributed by atoms with Crippen molar-refractivity contribution in [2.75, 3.05) is 5.32 Å². The third-order valence-corrected chi connectivity index (χ3v) is 3.04. The van der Waals surface area contributed by atoms with Crippen LogP contribution in [0.4, 0.5) is 5.69 Å². The highest BCUT2D eigenvalue weighted by Crippen LogP contribution is 2.17. The predicted octanol–water partition coefficient (Wildman–Crippen LogP) is 2.01. The fourth-order valence-electron chi connectivity index (χ4n) is 2.11. The number of hydrogen-bond acceptors (Lipinski definition) is 4. The lowest BCUT2D eigenvalue weighted by Gasteiger charge is -2.04. The standard InChI is InChI=1S/C15H11N5O/c16-6-10-4-12(9-17-7-10)20-14(21)5-11-8-19-15-13(11)2-1-3-18-15/h1-4,7-9H,5H2,(H,18,19)(H,20,21). The lowest BCUT2D eigenvalue weighted by atomic mass is 10.1. The number of carbonyl (C=O) groups is 1. The van der Waals surface area contributed by atoms with Gasteiger partial charge in [0.05, 0.1) is 23.9 Å². The quantitative estimate of drug-likeness (QED) is 0.765. The molecule has 0 bridgehead atoms.